The van der Waals surface area contributed by atoms with Crippen molar-refractivity contribution in [3.05, 3.63) is 81.4 Å². The van der Waals surface area contributed by atoms with E-state index in [1.165, 1.54) is 4.68 Å². The van der Waals surface area contributed by atoms with Gasteiger partial charge in [-0.25, -0.2) is 9.36 Å². The van der Waals surface area contributed by atoms with Crippen LogP contribution in [0.25, 0.3) is 16.6 Å². The number of aromatic nitrogens is 4. The Morgan fingerprint density at radius 3 is 2.41 bits per heavy atom. The molecule has 0 aliphatic heterocycles. The normalized spacial score (nSPS) is 11.3. The largest absolute Gasteiger partial charge is 0.497 e. The molecule has 0 amide bonds. The van der Waals surface area contributed by atoms with Crippen molar-refractivity contribution < 1.29 is 9.53 Å². The van der Waals surface area contributed by atoms with E-state index in [0.717, 1.165) is 22.5 Å². The number of ether oxygens (including phenoxy) is 1. The highest BCUT2D eigenvalue weighted by Gasteiger charge is 2.20. The second kappa shape index (κ2) is 8.42. The Morgan fingerprint density at radius 2 is 1.78 bits per heavy atom. The maximum atomic E-state index is 13.4. The van der Waals surface area contributed by atoms with Crippen molar-refractivity contribution in [3.63, 3.8) is 0 Å². The zero-order valence-electron chi connectivity index (χ0n) is 18.9. The van der Waals surface area contributed by atoms with E-state index in [4.69, 9.17) is 4.74 Å². The van der Waals surface area contributed by atoms with Gasteiger partial charge in [0, 0.05) is 10.9 Å². The molecule has 0 radical (unpaired) electrons. The third-order valence-corrected chi connectivity index (χ3v) is 5.70. The first-order valence-corrected chi connectivity index (χ1v) is 10.5. The van der Waals surface area contributed by atoms with Gasteiger partial charge in [-0.3, -0.25) is 9.59 Å². The molecule has 0 aliphatic carbocycles. The van der Waals surface area contributed by atoms with Crippen molar-refractivity contribution in [2.45, 2.75) is 40.2 Å². The van der Waals surface area contributed by atoms with Crippen LogP contribution < -0.4 is 10.3 Å². The number of rotatable bonds is 6. The Kier molecular flexibility index (Phi) is 5.65. The number of fused-ring (bicyclic) bond motifs is 1. The average Bonchev–Trinajstić information content (AvgIpc) is 3.22. The molecule has 2 aromatic heterocycles. The Morgan fingerprint density at radius 1 is 1.06 bits per heavy atom. The van der Waals surface area contributed by atoms with E-state index < -0.39 is 0 Å². The highest BCUT2D eigenvalue weighted by atomic mass is 16.5. The van der Waals surface area contributed by atoms with Crippen LogP contribution in [0.1, 0.15) is 46.9 Å². The topological polar surface area (TPSA) is 79.0 Å². The van der Waals surface area contributed by atoms with Crippen molar-refractivity contribution in [1.29, 1.82) is 0 Å². The van der Waals surface area contributed by atoms with E-state index in [2.05, 4.69) is 10.2 Å². The van der Waals surface area contributed by atoms with Gasteiger partial charge in [0.05, 0.1) is 24.7 Å². The molecule has 4 aromatic rings. The molecule has 0 saturated carbocycles. The third kappa shape index (κ3) is 3.82. The highest BCUT2D eigenvalue weighted by molar-refractivity contribution is 5.96. The minimum absolute atomic E-state index is 0.0536. The van der Waals surface area contributed by atoms with Gasteiger partial charge in [0.25, 0.3) is 5.56 Å². The van der Waals surface area contributed by atoms with Crippen molar-refractivity contribution in [2.24, 2.45) is 0 Å². The molecule has 32 heavy (non-hydrogen) atoms. The Hall–Kier alpha value is -3.74. The number of hydrogen-bond donors (Lipinski definition) is 0. The fourth-order valence-electron chi connectivity index (χ4n) is 3.68. The molecule has 0 fully saturated rings. The summed E-state index contributed by atoms with van der Waals surface area (Å²) in [4.78, 5) is 26.3. The van der Waals surface area contributed by atoms with E-state index in [1.54, 1.807) is 42.3 Å². The van der Waals surface area contributed by atoms with Crippen LogP contribution in [0, 0.1) is 13.8 Å². The van der Waals surface area contributed by atoms with Gasteiger partial charge < -0.3 is 4.74 Å². The smallest absolute Gasteiger partial charge is 0.293 e. The predicted octanol–water partition coefficient (Wildman–Crippen LogP) is 4.21. The van der Waals surface area contributed by atoms with Gasteiger partial charge >= 0.3 is 0 Å². The summed E-state index contributed by atoms with van der Waals surface area (Å²) in [7, 11) is 1.57. The van der Waals surface area contributed by atoms with Crippen LogP contribution >= 0.6 is 0 Å². The summed E-state index contributed by atoms with van der Waals surface area (Å²) in [6.07, 6.45) is 1.68. The summed E-state index contributed by atoms with van der Waals surface area (Å²) in [6, 6.07) is 12.8. The predicted molar refractivity (Wildman–Crippen MR) is 124 cm³/mol. The van der Waals surface area contributed by atoms with E-state index in [9.17, 15) is 9.59 Å². The van der Waals surface area contributed by atoms with Crippen LogP contribution in [-0.4, -0.2) is 32.5 Å². The molecule has 2 aromatic carbocycles. The molecule has 0 aliphatic rings. The third-order valence-electron chi connectivity index (χ3n) is 5.70. The van der Waals surface area contributed by atoms with E-state index >= 15 is 0 Å². The van der Waals surface area contributed by atoms with E-state index in [-0.39, 0.29) is 23.8 Å². The van der Waals surface area contributed by atoms with E-state index in [0.29, 0.717) is 22.2 Å². The summed E-state index contributed by atoms with van der Waals surface area (Å²) < 4.78 is 8.05. The highest BCUT2D eigenvalue weighted by Crippen LogP contribution is 2.24. The van der Waals surface area contributed by atoms with Crippen LogP contribution in [0.5, 0.6) is 5.75 Å². The van der Waals surface area contributed by atoms with Crippen molar-refractivity contribution in [1.82, 2.24) is 19.6 Å². The minimum Gasteiger partial charge on any atom is -0.497 e. The van der Waals surface area contributed by atoms with Gasteiger partial charge in [0.2, 0.25) is 0 Å². The Labute approximate surface area is 186 Å². The molecule has 0 bridgehead atoms. The molecule has 7 heteroatoms. The number of carbonyl (C=O) groups excluding carboxylic acids is 1. The number of Topliss-reactive ketones (excluding diaryl/α,β-unsaturated/α-hetero) is 1. The average molecular weight is 431 g/mol. The van der Waals surface area contributed by atoms with Gasteiger partial charge in [0.15, 0.2) is 5.78 Å². The number of carbonyl (C=O) groups is 1. The molecule has 0 N–H and O–H groups in total. The summed E-state index contributed by atoms with van der Waals surface area (Å²) in [6.45, 7) is 7.93. The molecule has 0 spiro atoms. The SMILES string of the molecule is COc1ccc(C(=O)Cn2nc(C(C)C)c3cnn(-c4ccc(C)c(C)c4)c3c2=O)cc1. The van der Waals surface area contributed by atoms with Crippen LogP contribution in [0.3, 0.4) is 0 Å². The number of nitrogens with zero attached hydrogens (tertiary/aromatic N) is 4. The van der Waals surface area contributed by atoms with Crippen molar-refractivity contribution >= 4 is 16.7 Å². The Balaban J connectivity index is 1.84. The monoisotopic (exact) mass is 430 g/mol. The van der Waals surface area contributed by atoms with Gasteiger partial charge in [0.1, 0.15) is 17.8 Å². The molecule has 4 rings (SSSR count). The van der Waals surface area contributed by atoms with Crippen molar-refractivity contribution in [3.8, 4) is 11.4 Å². The second-order valence-electron chi connectivity index (χ2n) is 8.24. The lowest BCUT2D eigenvalue weighted by atomic mass is 10.1. The van der Waals surface area contributed by atoms with E-state index in [1.807, 2.05) is 45.9 Å². The standard InChI is InChI=1S/C25H26N4O3/c1-15(2)23-21-13-26-29(19-9-6-16(3)17(4)12-19)24(21)25(31)28(27-23)14-22(30)18-7-10-20(32-5)11-8-18/h6-13,15H,14H2,1-5H3. The van der Waals surface area contributed by atoms with Crippen LogP contribution in [0.2, 0.25) is 0 Å². The van der Waals surface area contributed by atoms with Gasteiger partial charge in [-0.15, -0.1) is 0 Å². The maximum absolute atomic E-state index is 13.4. The molecule has 0 saturated heterocycles. The first-order valence-electron chi connectivity index (χ1n) is 10.5. The molecule has 2 heterocycles. The maximum Gasteiger partial charge on any atom is 0.293 e. The summed E-state index contributed by atoms with van der Waals surface area (Å²) in [5.74, 6) is 0.518. The van der Waals surface area contributed by atoms with Crippen LogP contribution in [0.15, 0.2) is 53.5 Å². The van der Waals surface area contributed by atoms with Gasteiger partial charge in [-0.2, -0.15) is 10.2 Å². The lowest BCUT2D eigenvalue weighted by molar-refractivity contribution is 0.0965. The molecule has 164 valence electrons. The van der Waals surface area contributed by atoms with Gasteiger partial charge in [-0.1, -0.05) is 19.9 Å². The lowest BCUT2D eigenvalue weighted by Crippen LogP contribution is -2.29. The van der Waals surface area contributed by atoms with Gasteiger partial charge in [-0.05, 0) is 67.3 Å². The van der Waals surface area contributed by atoms with Crippen molar-refractivity contribution in [2.75, 3.05) is 7.11 Å². The first-order chi connectivity index (χ1) is 15.3. The van der Waals surface area contributed by atoms with Crippen LogP contribution in [0.4, 0.5) is 0 Å². The minimum atomic E-state index is -0.345. The first kappa shape index (κ1) is 21.5. The Bertz CT molecular complexity index is 1360. The number of ketones is 1. The fraction of sp³-hybridized carbons (Fsp3) is 0.280. The number of benzene rings is 2. The number of hydrogen-bond acceptors (Lipinski definition) is 5. The molecule has 7 nitrogen and oxygen atoms in total. The summed E-state index contributed by atoms with van der Waals surface area (Å²) in [5.41, 5.74) is 4.38. The molecule has 0 atom stereocenters. The fourth-order valence-corrected chi connectivity index (χ4v) is 3.68. The molecule has 0 unspecified atom stereocenters. The zero-order chi connectivity index (χ0) is 23.0. The lowest BCUT2D eigenvalue weighted by Gasteiger charge is -2.12. The number of methoxy groups -OCH3 is 1. The second-order valence-corrected chi connectivity index (χ2v) is 8.24. The number of aryl methyl sites for hydroxylation is 2. The zero-order valence-corrected chi connectivity index (χ0v) is 18.9. The van der Waals surface area contributed by atoms with Crippen LogP contribution in [-0.2, 0) is 6.54 Å². The summed E-state index contributed by atoms with van der Waals surface area (Å²) >= 11 is 0. The molecular weight excluding hydrogens is 404 g/mol. The molecular formula is C25H26N4O3. The quantitative estimate of drug-likeness (QED) is 0.428. The summed E-state index contributed by atoms with van der Waals surface area (Å²) in [5, 5.41) is 9.75.